The van der Waals surface area contributed by atoms with Gasteiger partial charge in [-0.3, -0.25) is 10.1 Å². The molecule has 2 aliphatic rings. The van der Waals surface area contributed by atoms with E-state index in [4.69, 9.17) is 9.84 Å². The Morgan fingerprint density at radius 2 is 2.50 bits per heavy atom. The van der Waals surface area contributed by atoms with Gasteiger partial charge in [-0.15, -0.1) is 0 Å². The SMILES string of the molecule is O=C1COC(CO)CN1C1CCCN1. The first-order valence-electron chi connectivity index (χ1n) is 5.06. The van der Waals surface area contributed by atoms with Gasteiger partial charge in [0.25, 0.3) is 0 Å². The number of nitrogens with one attached hydrogen (secondary N) is 1. The molecule has 2 unspecified atom stereocenters. The van der Waals surface area contributed by atoms with E-state index in [1.807, 2.05) is 0 Å². The summed E-state index contributed by atoms with van der Waals surface area (Å²) in [5.41, 5.74) is 0. The Hall–Kier alpha value is -0.650. The number of amides is 1. The van der Waals surface area contributed by atoms with Crippen molar-refractivity contribution in [3.05, 3.63) is 0 Å². The van der Waals surface area contributed by atoms with Crippen LogP contribution in [0.3, 0.4) is 0 Å². The van der Waals surface area contributed by atoms with Gasteiger partial charge in [0.2, 0.25) is 5.91 Å². The van der Waals surface area contributed by atoms with Crippen LogP contribution < -0.4 is 5.32 Å². The number of nitrogens with zero attached hydrogens (tertiary/aromatic N) is 1. The monoisotopic (exact) mass is 200 g/mol. The predicted molar refractivity (Wildman–Crippen MR) is 49.6 cm³/mol. The maximum Gasteiger partial charge on any atom is 0.249 e. The van der Waals surface area contributed by atoms with E-state index in [0.717, 1.165) is 19.4 Å². The highest BCUT2D eigenvalue weighted by Gasteiger charge is 2.32. The lowest BCUT2D eigenvalue weighted by Gasteiger charge is -2.36. The molecule has 0 saturated carbocycles. The molecule has 80 valence electrons. The number of carbonyl (C=O) groups excluding carboxylic acids is 1. The molecule has 0 aromatic carbocycles. The standard InChI is InChI=1S/C9H16N2O3/c12-5-7-4-11(9(13)6-14-7)8-2-1-3-10-8/h7-8,10,12H,1-6H2. The van der Waals surface area contributed by atoms with Gasteiger partial charge in [0, 0.05) is 0 Å². The average molecular weight is 200 g/mol. The summed E-state index contributed by atoms with van der Waals surface area (Å²) < 4.78 is 5.16. The molecular formula is C9H16N2O3. The second-order valence-electron chi connectivity index (χ2n) is 3.77. The molecule has 2 atom stereocenters. The summed E-state index contributed by atoms with van der Waals surface area (Å²) in [5, 5.41) is 12.2. The molecule has 2 rings (SSSR count). The van der Waals surface area contributed by atoms with Crippen LogP contribution in [-0.2, 0) is 9.53 Å². The fraction of sp³-hybridized carbons (Fsp3) is 0.889. The minimum atomic E-state index is -0.213. The zero-order valence-corrected chi connectivity index (χ0v) is 8.11. The van der Waals surface area contributed by atoms with Crippen molar-refractivity contribution in [3.8, 4) is 0 Å². The van der Waals surface area contributed by atoms with Crippen molar-refractivity contribution in [1.29, 1.82) is 0 Å². The number of rotatable bonds is 2. The number of morpholine rings is 1. The van der Waals surface area contributed by atoms with Gasteiger partial charge in [-0.25, -0.2) is 0 Å². The highest BCUT2D eigenvalue weighted by Crippen LogP contribution is 2.15. The van der Waals surface area contributed by atoms with Crippen molar-refractivity contribution in [2.24, 2.45) is 0 Å². The van der Waals surface area contributed by atoms with Crippen molar-refractivity contribution in [1.82, 2.24) is 10.2 Å². The van der Waals surface area contributed by atoms with Crippen LogP contribution in [0.4, 0.5) is 0 Å². The molecule has 5 nitrogen and oxygen atoms in total. The van der Waals surface area contributed by atoms with Gasteiger partial charge < -0.3 is 14.7 Å². The molecule has 2 fully saturated rings. The minimum Gasteiger partial charge on any atom is -0.394 e. The molecule has 0 spiro atoms. The van der Waals surface area contributed by atoms with Crippen LogP contribution in [0, 0.1) is 0 Å². The summed E-state index contributed by atoms with van der Waals surface area (Å²) in [6.45, 7) is 1.56. The van der Waals surface area contributed by atoms with Gasteiger partial charge in [-0.05, 0) is 19.4 Å². The van der Waals surface area contributed by atoms with Crippen molar-refractivity contribution >= 4 is 5.91 Å². The molecule has 2 saturated heterocycles. The molecule has 14 heavy (non-hydrogen) atoms. The number of hydrogen-bond acceptors (Lipinski definition) is 4. The van der Waals surface area contributed by atoms with Crippen molar-refractivity contribution < 1.29 is 14.6 Å². The molecule has 1 amide bonds. The number of carbonyl (C=O) groups is 1. The van der Waals surface area contributed by atoms with E-state index in [-0.39, 0.29) is 31.4 Å². The van der Waals surface area contributed by atoms with E-state index in [1.165, 1.54) is 0 Å². The zero-order chi connectivity index (χ0) is 9.97. The Balaban J connectivity index is 1.96. The lowest BCUT2D eigenvalue weighted by Crippen LogP contribution is -2.55. The van der Waals surface area contributed by atoms with Gasteiger partial charge in [-0.1, -0.05) is 0 Å². The van der Waals surface area contributed by atoms with E-state index < -0.39 is 0 Å². The lowest BCUT2D eigenvalue weighted by molar-refractivity contribution is -0.155. The van der Waals surface area contributed by atoms with Gasteiger partial charge >= 0.3 is 0 Å². The van der Waals surface area contributed by atoms with E-state index in [0.29, 0.717) is 6.54 Å². The molecule has 0 aliphatic carbocycles. The summed E-state index contributed by atoms with van der Waals surface area (Å²) >= 11 is 0. The van der Waals surface area contributed by atoms with Crippen LogP contribution in [-0.4, -0.2) is 54.5 Å². The number of ether oxygens (including phenoxy) is 1. The Labute approximate surface area is 83.0 Å². The van der Waals surface area contributed by atoms with E-state index in [1.54, 1.807) is 4.90 Å². The average Bonchev–Trinajstić information content (AvgIpc) is 2.71. The van der Waals surface area contributed by atoms with Crippen LogP contribution in [0.2, 0.25) is 0 Å². The highest BCUT2D eigenvalue weighted by atomic mass is 16.5. The predicted octanol–water partition coefficient (Wildman–Crippen LogP) is -1.08. The van der Waals surface area contributed by atoms with Crippen LogP contribution in [0.15, 0.2) is 0 Å². The normalized spacial score (nSPS) is 33.8. The second kappa shape index (κ2) is 4.25. The number of aliphatic hydroxyl groups is 1. The van der Waals surface area contributed by atoms with Crippen LogP contribution in [0.1, 0.15) is 12.8 Å². The van der Waals surface area contributed by atoms with Gasteiger partial charge in [-0.2, -0.15) is 0 Å². The first kappa shape index (κ1) is 9.89. The van der Waals surface area contributed by atoms with Crippen molar-refractivity contribution in [2.75, 3.05) is 26.3 Å². The molecule has 0 bridgehead atoms. The molecular weight excluding hydrogens is 184 g/mol. The fourth-order valence-electron chi connectivity index (χ4n) is 1.99. The molecule has 5 heteroatoms. The molecule has 2 heterocycles. The number of aliphatic hydroxyl groups excluding tert-OH is 1. The highest BCUT2D eigenvalue weighted by molar-refractivity contribution is 5.78. The van der Waals surface area contributed by atoms with Crippen LogP contribution in [0.25, 0.3) is 0 Å². The summed E-state index contributed by atoms with van der Waals surface area (Å²) in [4.78, 5) is 13.3. The summed E-state index contributed by atoms with van der Waals surface area (Å²) in [5.74, 6) is 0.0223. The molecule has 0 aromatic rings. The van der Waals surface area contributed by atoms with Gasteiger partial charge in [0.1, 0.15) is 6.61 Å². The Bertz CT molecular complexity index is 216. The second-order valence-corrected chi connectivity index (χ2v) is 3.77. The smallest absolute Gasteiger partial charge is 0.249 e. The molecule has 2 aliphatic heterocycles. The van der Waals surface area contributed by atoms with Gasteiger partial charge in [0.05, 0.1) is 25.4 Å². The summed E-state index contributed by atoms with van der Waals surface area (Å²) in [6.07, 6.45) is 2.05. The topological polar surface area (TPSA) is 61.8 Å². The van der Waals surface area contributed by atoms with E-state index in [9.17, 15) is 4.79 Å². The quantitative estimate of drug-likeness (QED) is 0.595. The Kier molecular flexibility index (Phi) is 3.00. The third kappa shape index (κ3) is 1.89. The molecule has 0 radical (unpaired) electrons. The Morgan fingerprint density at radius 1 is 1.64 bits per heavy atom. The van der Waals surface area contributed by atoms with Crippen LogP contribution >= 0.6 is 0 Å². The van der Waals surface area contributed by atoms with E-state index in [2.05, 4.69) is 5.32 Å². The third-order valence-electron chi connectivity index (χ3n) is 2.78. The lowest BCUT2D eigenvalue weighted by atomic mass is 10.2. The summed E-state index contributed by atoms with van der Waals surface area (Å²) in [7, 11) is 0. The minimum absolute atomic E-state index is 0.0174. The largest absolute Gasteiger partial charge is 0.394 e. The third-order valence-corrected chi connectivity index (χ3v) is 2.78. The van der Waals surface area contributed by atoms with Crippen molar-refractivity contribution in [2.45, 2.75) is 25.1 Å². The molecule has 0 aromatic heterocycles. The summed E-state index contributed by atoms with van der Waals surface area (Å²) in [6, 6.07) is 0. The van der Waals surface area contributed by atoms with Gasteiger partial charge in [0.15, 0.2) is 0 Å². The number of hydrogen-bond donors (Lipinski definition) is 2. The van der Waals surface area contributed by atoms with E-state index >= 15 is 0 Å². The fourth-order valence-corrected chi connectivity index (χ4v) is 1.99. The zero-order valence-electron chi connectivity index (χ0n) is 8.11. The maximum atomic E-state index is 11.5. The maximum absolute atomic E-state index is 11.5. The van der Waals surface area contributed by atoms with Crippen molar-refractivity contribution in [3.63, 3.8) is 0 Å². The first-order valence-corrected chi connectivity index (χ1v) is 5.06. The molecule has 2 N–H and O–H groups in total. The Morgan fingerprint density at radius 3 is 3.14 bits per heavy atom. The van der Waals surface area contributed by atoms with Crippen LogP contribution in [0.5, 0.6) is 0 Å². The first-order chi connectivity index (χ1) is 6.81.